The van der Waals surface area contributed by atoms with E-state index in [1.54, 1.807) is 0 Å². The first-order valence-electron chi connectivity index (χ1n) is 6.94. The zero-order valence-electron chi connectivity index (χ0n) is 11.3. The standard InChI is InChI=1S/C13H25N3O/c1-4-12-14-11(3)13(17)16(12)10(2)9-15-7-5-6-8-15/h10-12,14H,4-9H2,1-3H3. The van der Waals surface area contributed by atoms with Crippen LogP contribution in [-0.4, -0.2) is 53.6 Å². The van der Waals surface area contributed by atoms with Crippen LogP contribution in [0.3, 0.4) is 0 Å². The van der Waals surface area contributed by atoms with Gasteiger partial charge in [-0.25, -0.2) is 0 Å². The number of nitrogens with zero attached hydrogens (tertiary/aromatic N) is 2. The van der Waals surface area contributed by atoms with E-state index in [0.717, 1.165) is 13.0 Å². The Labute approximate surface area is 104 Å². The van der Waals surface area contributed by atoms with Crippen molar-refractivity contribution in [2.45, 2.75) is 58.3 Å². The minimum atomic E-state index is -0.0130. The van der Waals surface area contributed by atoms with Crippen molar-refractivity contribution >= 4 is 5.91 Å². The predicted molar refractivity (Wildman–Crippen MR) is 68.7 cm³/mol. The molecule has 4 nitrogen and oxygen atoms in total. The molecule has 0 spiro atoms. The van der Waals surface area contributed by atoms with Crippen molar-refractivity contribution in [1.82, 2.24) is 15.1 Å². The van der Waals surface area contributed by atoms with Crippen molar-refractivity contribution in [1.29, 1.82) is 0 Å². The van der Waals surface area contributed by atoms with Crippen LogP contribution in [0, 0.1) is 0 Å². The number of rotatable bonds is 4. The van der Waals surface area contributed by atoms with Crippen molar-refractivity contribution in [3.05, 3.63) is 0 Å². The molecule has 0 bridgehead atoms. The van der Waals surface area contributed by atoms with E-state index >= 15 is 0 Å². The van der Waals surface area contributed by atoms with E-state index in [9.17, 15) is 4.79 Å². The van der Waals surface area contributed by atoms with Gasteiger partial charge < -0.3 is 9.80 Å². The van der Waals surface area contributed by atoms with E-state index in [2.05, 4.69) is 29.0 Å². The van der Waals surface area contributed by atoms with Crippen LogP contribution in [-0.2, 0) is 4.79 Å². The van der Waals surface area contributed by atoms with Gasteiger partial charge in [-0.2, -0.15) is 0 Å². The first-order valence-corrected chi connectivity index (χ1v) is 6.94. The molecule has 0 aromatic carbocycles. The van der Waals surface area contributed by atoms with Gasteiger partial charge in [0.15, 0.2) is 0 Å². The summed E-state index contributed by atoms with van der Waals surface area (Å²) >= 11 is 0. The highest BCUT2D eigenvalue weighted by Gasteiger charge is 2.38. The fourth-order valence-electron chi connectivity index (χ4n) is 3.08. The van der Waals surface area contributed by atoms with E-state index in [0.29, 0.717) is 6.04 Å². The molecule has 3 atom stereocenters. The lowest BCUT2D eigenvalue weighted by molar-refractivity contribution is -0.132. The monoisotopic (exact) mass is 239 g/mol. The number of carbonyl (C=O) groups excluding carboxylic acids is 1. The summed E-state index contributed by atoms with van der Waals surface area (Å²) in [6.45, 7) is 9.71. The lowest BCUT2D eigenvalue weighted by atomic mass is 10.2. The van der Waals surface area contributed by atoms with Gasteiger partial charge in [0.1, 0.15) is 0 Å². The average molecular weight is 239 g/mol. The Kier molecular flexibility index (Phi) is 4.05. The summed E-state index contributed by atoms with van der Waals surface area (Å²) in [6, 6.07) is 0.309. The van der Waals surface area contributed by atoms with Gasteiger partial charge in [-0.05, 0) is 46.2 Å². The van der Waals surface area contributed by atoms with E-state index in [-0.39, 0.29) is 18.1 Å². The van der Waals surface area contributed by atoms with Gasteiger partial charge in [0.2, 0.25) is 5.91 Å². The molecule has 2 aliphatic rings. The fourth-order valence-corrected chi connectivity index (χ4v) is 3.08. The minimum absolute atomic E-state index is 0.0130. The highest BCUT2D eigenvalue weighted by Crippen LogP contribution is 2.19. The third kappa shape index (κ3) is 2.63. The molecule has 2 rings (SSSR count). The van der Waals surface area contributed by atoms with Crippen molar-refractivity contribution in [3.8, 4) is 0 Å². The molecule has 3 unspecified atom stereocenters. The molecule has 2 heterocycles. The summed E-state index contributed by atoms with van der Waals surface area (Å²) in [4.78, 5) is 16.7. The highest BCUT2D eigenvalue weighted by molar-refractivity contribution is 5.84. The number of amides is 1. The fraction of sp³-hybridized carbons (Fsp3) is 0.923. The van der Waals surface area contributed by atoms with E-state index in [4.69, 9.17) is 0 Å². The quantitative estimate of drug-likeness (QED) is 0.796. The Morgan fingerprint density at radius 2 is 2.06 bits per heavy atom. The minimum Gasteiger partial charge on any atom is -0.322 e. The van der Waals surface area contributed by atoms with Crippen molar-refractivity contribution in [2.24, 2.45) is 0 Å². The molecule has 0 radical (unpaired) electrons. The Hall–Kier alpha value is -0.610. The van der Waals surface area contributed by atoms with E-state index < -0.39 is 0 Å². The molecular weight excluding hydrogens is 214 g/mol. The van der Waals surface area contributed by atoms with E-state index in [1.165, 1.54) is 25.9 Å². The van der Waals surface area contributed by atoms with Gasteiger partial charge >= 0.3 is 0 Å². The zero-order chi connectivity index (χ0) is 12.4. The smallest absolute Gasteiger partial charge is 0.241 e. The average Bonchev–Trinajstić information content (AvgIpc) is 2.88. The highest BCUT2D eigenvalue weighted by atomic mass is 16.2. The molecular formula is C13H25N3O. The van der Waals surface area contributed by atoms with Crippen LogP contribution in [0.1, 0.15) is 40.0 Å². The van der Waals surface area contributed by atoms with Crippen LogP contribution in [0.2, 0.25) is 0 Å². The van der Waals surface area contributed by atoms with Gasteiger partial charge in [-0.1, -0.05) is 6.92 Å². The summed E-state index contributed by atoms with van der Waals surface area (Å²) in [6.07, 6.45) is 3.84. The molecule has 98 valence electrons. The molecule has 0 saturated carbocycles. The third-order valence-electron chi connectivity index (χ3n) is 3.99. The Morgan fingerprint density at radius 1 is 1.41 bits per heavy atom. The summed E-state index contributed by atoms with van der Waals surface area (Å²) in [5.41, 5.74) is 0. The predicted octanol–water partition coefficient (Wildman–Crippen LogP) is 1.03. The number of hydrogen-bond acceptors (Lipinski definition) is 3. The molecule has 0 aromatic rings. The summed E-state index contributed by atoms with van der Waals surface area (Å²) < 4.78 is 0. The van der Waals surface area contributed by atoms with Gasteiger partial charge in [0, 0.05) is 12.6 Å². The number of likely N-dealkylation sites (tertiary alicyclic amines) is 1. The maximum atomic E-state index is 12.1. The molecule has 1 N–H and O–H groups in total. The molecule has 0 aliphatic carbocycles. The van der Waals surface area contributed by atoms with Crippen molar-refractivity contribution < 1.29 is 4.79 Å². The van der Waals surface area contributed by atoms with Gasteiger partial charge in [-0.3, -0.25) is 10.1 Å². The zero-order valence-corrected chi connectivity index (χ0v) is 11.3. The Morgan fingerprint density at radius 3 is 2.65 bits per heavy atom. The van der Waals surface area contributed by atoms with Crippen LogP contribution in [0.4, 0.5) is 0 Å². The first-order chi connectivity index (χ1) is 8.13. The molecule has 17 heavy (non-hydrogen) atoms. The van der Waals surface area contributed by atoms with Crippen LogP contribution >= 0.6 is 0 Å². The van der Waals surface area contributed by atoms with Crippen LogP contribution in [0.25, 0.3) is 0 Å². The molecule has 2 saturated heterocycles. The van der Waals surface area contributed by atoms with Crippen molar-refractivity contribution in [2.75, 3.05) is 19.6 Å². The SMILES string of the molecule is CCC1NC(C)C(=O)N1C(C)CN1CCCC1. The van der Waals surface area contributed by atoms with E-state index in [1.807, 2.05) is 6.92 Å². The Bertz CT molecular complexity index is 276. The molecule has 2 fully saturated rings. The number of nitrogens with one attached hydrogen (secondary N) is 1. The molecule has 0 aromatic heterocycles. The Balaban J connectivity index is 1.96. The maximum Gasteiger partial charge on any atom is 0.241 e. The second-order valence-electron chi connectivity index (χ2n) is 5.41. The van der Waals surface area contributed by atoms with Crippen LogP contribution in [0.15, 0.2) is 0 Å². The van der Waals surface area contributed by atoms with Crippen LogP contribution < -0.4 is 5.32 Å². The first kappa shape index (κ1) is 12.8. The number of carbonyl (C=O) groups is 1. The lowest BCUT2D eigenvalue weighted by Crippen LogP contribution is -2.47. The lowest BCUT2D eigenvalue weighted by Gasteiger charge is -2.32. The number of hydrogen-bond donors (Lipinski definition) is 1. The second kappa shape index (κ2) is 5.36. The van der Waals surface area contributed by atoms with Gasteiger partial charge in [0.05, 0.1) is 12.2 Å². The molecule has 2 aliphatic heterocycles. The van der Waals surface area contributed by atoms with Gasteiger partial charge in [-0.15, -0.1) is 0 Å². The normalized spacial score (nSPS) is 32.4. The maximum absolute atomic E-state index is 12.1. The largest absolute Gasteiger partial charge is 0.322 e. The molecule has 4 heteroatoms. The second-order valence-corrected chi connectivity index (χ2v) is 5.41. The van der Waals surface area contributed by atoms with Crippen molar-refractivity contribution in [3.63, 3.8) is 0 Å². The molecule has 1 amide bonds. The topological polar surface area (TPSA) is 35.6 Å². The summed E-state index contributed by atoms with van der Waals surface area (Å²) in [5.74, 6) is 0.267. The van der Waals surface area contributed by atoms with Gasteiger partial charge in [0.25, 0.3) is 0 Å². The summed E-state index contributed by atoms with van der Waals surface area (Å²) in [5, 5.41) is 3.37. The van der Waals surface area contributed by atoms with Crippen LogP contribution in [0.5, 0.6) is 0 Å². The third-order valence-corrected chi connectivity index (χ3v) is 3.99. The summed E-state index contributed by atoms with van der Waals surface area (Å²) in [7, 11) is 0.